The fraction of sp³-hybridized carbons (Fsp3) is 0.455. The molecule has 1 nitrogen and oxygen atoms in total. The number of benzene rings is 1. The Morgan fingerprint density at radius 2 is 2.00 bits per heavy atom. The number of nitrogens with two attached hydrogens (primary N) is 1. The fourth-order valence-corrected chi connectivity index (χ4v) is 2.09. The Kier molecular flexibility index (Phi) is 4.98. The van der Waals surface area contributed by atoms with Gasteiger partial charge in [0.05, 0.1) is 0 Å². The van der Waals surface area contributed by atoms with E-state index in [1.54, 1.807) is 23.9 Å². The maximum atomic E-state index is 12.6. The first-order chi connectivity index (χ1) is 6.72. The lowest BCUT2D eigenvalue weighted by Gasteiger charge is -2.09. The molecule has 1 atom stereocenters. The number of rotatable bonds is 5. The molecule has 1 aromatic carbocycles. The summed E-state index contributed by atoms with van der Waals surface area (Å²) < 4.78 is 12.6. The molecule has 0 aliphatic rings. The van der Waals surface area contributed by atoms with Crippen LogP contribution in [0.3, 0.4) is 0 Å². The highest BCUT2D eigenvalue weighted by molar-refractivity contribution is 7.99. The molecule has 0 bridgehead atoms. The Morgan fingerprint density at radius 3 is 2.57 bits per heavy atom. The van der Waals surface area contributed by atoms with Crippen LogP contribution < -0.4 is 5.73 Å². The Labute approximate surface area is 88.9 Å². The molecular weight excluding hydrogens is 197 g/mol. The van der Waals surface area contributed by atoms with Crippen molar-refractivity contribution < 1.29 is 4.39 Å². The van der Waals surface area contributed by atoms with E-state index in [1.807, 2.05) is 0 Å². The summed E-state index contributed by atoms with van der Waals surface area (Å²) >= 11 is 1.69. The van der Waals surface area contributed by atoms with Crippen molar-refractivity contribution in [1.29, 1.82) is 0 Å². The van der Waals surface area contributed by atoms with E-state index < -0.39 is 0 Å². The zero-order valence-electron chi connectivity index (χ0n) is 8.37. The highest BCUT2D eigenvalue weighted by Gasteiger charge is 2.02. The van der Waals surface area contributed by atoms with Crippen LogP contribution >= 0.6 is 11.8 Å². The summed E-state index contributed by atoms with van der Waals surface area (Å²) in [6.07, 6.45) is 2.17. The molecule has 0 aromatic heterocycles. The number of thioether (sulfide) groups is 1. The van der Waals surface area contributed by atoms with Crippen molar-refractivity contribution in [2.75, 3.05) is 5.75 Å². The Hall–Kier alpha value is -0.540. The van der Waals surface area contributed by atoms with E-state index >= 15 is 0 Å². The molecule has 0 aliphatic carbocycles. The van der Waals surface area contributed by atoms with Gasteiger partial charge in [-0.2, -0.15) is 0 Å². The summed E-state index contributed by atoms with van der Waals surface area (Å²) in [7, 11) is 0. The van der Waals surface area contributed by atoms with Crippen LogP contribution in [0.25, 0.3) is 0 Å². The summed E-state index contributed by atoms with van der Waals surface area (Å²) in [5.74, 6) is 0.714. The van der Waals surface area contributed by atoms with Gasteiger partial charge in [-0.15, -0.1) is 11.8 Å². The summed E-state index contributed by atoms with van der Waals surface area (Å²) in [6, 6.07) is 6.79. The van der Waals surface area contributed by atoms with Crippen molar-refractivity contribution in [3.05, 3.63) is 30.1 Å². The molecule has 0 saturated heterocycles. The van der Waals surface area contributed by atoms with Gasteiger partial charge < -0.3 is 5.73 Å². The number of halogens is 1. The standard InChI is InChI=1S/C11H16FNS/c1-2-3-10(13)8-14-11-6-4-9(12)5-7-11/h4-7,10H,2-3,8,13H2,1H3/t10-/m1/s1. The molecule has 1 rings (SSSR count). The van der Waals surface area contributed by atoms with Crippen LogP contribution in [0.4, 0.5) is 4.39 Å². The molecule has 0 spiro atoms. The lowest BCUT2D eigenvalue weighted by Crippen LogP contribution is -2.22. The summed E-state index contributed by atoms with van der Waals surface area (Å²) in [5.41, 5.74) is 5.87. The van der Waals surface area contributed by atoms with Gasteiger partial charge in [-0.3, -0.25) is 0 Å². The molecular formula is C11H16FNS. The molecule has 3 heteroatoms. The first-order valence-electron chi connectivity index (χ1n) is 4.86. The van der Waals surface area contributed by atoms with Crippen LogP contribution in [-0.4, -0.2) is 11.8 Å². The van der Waals surface area contributed by atoms with Crippen LogP contribution in [0.2, 0.25) is 0 Å². The van der Waals surface area contributed by atoms with Gasteiger partial charge in [0, 0.05) is 16.7 Å². The van der Waals surface area contributed by atoms with Gasteiger partial charge in [-0.1, -0.05) is 13.3 Å². The molecule has 0 fully saturated rings. The average Bonchev–Trinajstić information content (AvgIpc) is 2.17. The van der Waals surface area contributed by atoms with E-state index in [4.69, 9.17) is 5.73 Å². The molecule has 1 aromatic rings. The molecule has 78 valence electrons. The third kappa shape index (κ3) is 4.11. The Balaban J connectivity index is 2.34. The third-order valence-electron chi connectivity index (χ3n) is 1.94. The van der Waals surface area contributed by atoms with E-state index in [1.165, 1.54) is 12.1 Å². The van der Waals surface area contributed by atoms with Gasteiger partial charge in [-0.05, 0) is 30.7 Å². The van der Waals surface area contributed by atoms with E-state index in [0.717, 1.165) is 23.5 Å². The van der Waals surface area contributed by atoms with Crippen molar-refractivity contribution in [3.8, 4) is 0 Å². The van der Waals surface area contributed by atoms with Gasteiger partial charge >= 0.3 is 0 Å². The van der Waals surface area contributed by atoms with E-state index in [-0.39, 0.29) is 11.9 Å². The Morgan fingerprint density at radius 1 is 1.36 bits per heavy atom. The molecule has 0 heterocycles. The van der Waals surface area contributed by atoms with Gasteiger partial charge in [0.25, 0.3) is 0 Å². The molecule has 0 radical (unpaired) electrons. The van der Waals surface area contributed by atoms with Crippen molar-refractivity contribution >= 4 is 11.8 Å². The van der Waals surface area contributed by atoms with Crippen LogP contribution in [0.15, 0.2) is 29.2 Å². The highest BCUT2D eigenvalue weighted by atomic mass is 32.2. The summed E-state index contributed by atoms with van der Waals surface area (Å²) in [4.78, 5) is 1.08. The molecule has 0 amide bonds. The lowest BCUT2D eigenvalue weighted by molar-refractivity contribution is 0.626. The van der Waals surface area contributed by atoms with Crippen molar-refractivity contribution in [2.24, 2.45) is 5.73 Å². The van der Waals surface area contributed by atoms with E-state index in [9.17, 15) is 4.39 Å². The molecule has 0 unspecified atom stereocenters. The summed E-state index contributed by atoms with van der Waals surface area (Å²) in [5, 5.41) is 0. The quantitative estimate of drug-likeness (QED) is 0.761. The Bertz CT molecular complexity index is 260. The normalized spacial score (nSPS) is 12.8. The fourth-order valence-electron chi connectivity index (χ4n) is 1.19. The zero-order valence-corrected chi connectivity index (χ0v) is 9.19. The summed E-state index contributed by atoms with van der Waals surface area (Å²) in [6.45, 7) is 2.13. The highest BCUT2D eigenvalue weighted by Crippen LogP contribution is 2.19. The monoisotopic (exact) mass is 213 g/mol. The smallest absolute Gasteiger partial charge is 0.123 e. The van der Waals surface area contributed by atoms with Gasteiger partial charge in [0.2, 0.25) is 0 Å². The molecule has 2 N–H and O–H groups in total. The second-order valence-corrected chi connectivity index (χ2v) is 4.41. The van der Waals surface area contributed by atoms with Crippen LogP contribution in [0, 0.1) is 5.82 Å². The second kappa shape index (κ2) is 6.04. The maximum Gasteiger partial charge on any atom is 0.123 e. The van der Waals surface area contributed by atoms with Crippen molar-refractivity contribution in [1.82, 2.24) is 0 Å². The minimum Gasteiger partial charge on any atom is -0.327 e. The van der Waals surface area contributed by atoms with Crippen LogP contribution in [0.5, 0.6) is 0 Å². The largest absolute Gasteiger partial charge is 0.327 e. The van der Waals surface area contributed by atoms with Crippen molar-refractivity contribution in [3.63, 3.8) is 0 Å². The van der Waals surface area contributed by atoms with E-state index in [0.29, 0.717) is 0 Å². The molecule has 0 aliphatic heterocycles. The molecule has 14 heavy (non-hydrogen) atoms. The van der Waals surface area contributed by atoms with Gasteiger partial charge in [-0.25, -0.2) is 4.39 Å². The first kappa shape index (κ1) is 11.5. The predicted molar refractivity (Wildman–Crippen MR) is 60.0 cm³/mol. The lowest BCUT2D eigenvalue weighted by atomic mass is 10.2. The van der Waals surface area contributed by atoms with Crippen LogP contribution in [-0.2, 0) is 0 Å². The zero-order chi connectivity index (χ0) is 10.4. The van der Waals surface area contributed by atoms with Crippen molar-refractivity contribution in [2.45, 2.75) is 30.7 Å². The SMILES string of the molecule is CCC[C@@H](N)CSc1ccc(F)cc1. The number of hydrogen-bond donors (Lipinski definition) is 1. The minimum absolute atomic E-state index is 0.188. The van der Waals surface area contributed by atoms with Gasteiger partial charge in [0.15, 0.2) is 0 Å². The van der Waals surface area contributed by atoms with E-state index in [2.05, 4.69) is 6.92 Å². The van der Waals surface area contributed by atoms with Crippen LogP contribution in [0.1, 0.15) is 19.8 Å². The predicted octanol–water partition coefficient (Wildman–Crippen LogP) is 3.05. The van der Waals surface area contributed by atoms with Gasteiger partial charge in [0.1, 0.15) is 5.82 Å². The first-order valence-corrected chi connectivity index (χ1v) is 5.85. The number of hydrogen-bond acceptors (Lipinski definition) is 2. The average molecular weight is 213 g/mol. The second-order valence-electron chi connectivity index (χ2n) is 3.31. The minimum atomic E-state index is -0.188. The third-order valence-corrected chi connectivity index (χ3v) is 3.14. The maximum absolute atomic E-state index is 12.6. The topological polar surface area (TPSA) is 26.0 Å². The molecule has 0 saturated carbocycles.